The van der Waals surface area contributed by atoms with Crippen molar-refractivity contribution in [3.05, 3.63) is 23.8 Å². The molecule has 1 heterocycles. The summed E-state index contributed by atoms with van der Waals surface area (Å²) < 4.78 is 16.8. The molecule has 1 unspecified atom stereocenters. The zero-order valence-electron chi connectivity index (χ0n) is 8.79. The van der Waals surface area contributed by atoms with E-state index in [9.17, 15) is 4.21 Å². The van der Waals surface area contributed by atoms with Crippen molar-refractivity contribution in [3.63, 3.8) is 0 Å². The zero-order valence-corrected chi connectivity index (χ0v) is 9.60. The highest BCUT2D eigenvalue weighted by Gasteiger charge is 2.11. The Labute approximate surface area is 92.3 Å². The van der Waals surface area contributed by atoms with E-state index in [1.165, 1.54) is 0 Å². The first kappa shape index (κ1) is 10.5. The van der Waals surface area contributed by atoms with Gasteiger partial charge in [0.25, 0.3) is 0 Å². The van der Waals surface area contributed by atoms with Crippen molar-refractivity contribution in [1.82, 2.24) is 0 Å². The van der Waals surface area contributed by atoms with Gasteiger partial charge in [0.15, 0.2) is 0 Å². The summed E-state index contributed by atoms with van der Waals surface area (Å²) in [6, 6.07) is 5.89. The molecule has 0 radical (unpaired) electrons. The van der Waals surface area contributed by atoms with E-state index in [0.29, 0.717) is 5.75 Å². The molecule has 0 aliphatic carbocycles. The summed E-state index contributed by atoms with van der Waals surface area (Å²) in [6.45, 7) is 0.894. The Morgan fingerprint density at radius 3 is 3.13 bits per heavy atom. The van der Waals surface area contributed by atoms with Crippen molar-refractivity contribution in [3.8, 4) is 5.75 Å². The van der Waals surface area contributed by atoms with Crippen LogP contribution in [-0.4, -0.2) is 23.6 Å². The molecule has 0 saturated carbocycles. The Kier molecular flexibility index (Phi) is 3.26. The van der Waals surface area contributed by atoms with Crippen LogP contribution in [0.1, 0.15) is 12.0 Å². The smallest absolute Gasteiger partial charge is 0.119 e. The van der Waals surface area contributed by atoms with Crippen molar-refractivity contribution < 1.29 is 8.95 Å². The Hall–Kier alpha value is -1.03. The summed E-state index contributed by atoms with van der Waals surface area (Å²) in [5.41, 5.74) is 2.18. The summed E-state index contributed by atoms with van der Waals surface area (Å²) in [6.07, 6.45) is 0.970. The van der Waals surface area contributed by atoms with E-state index in [1.54, 1.807) is 7.11 Å². The molecule has 0 bridgehead atoms. The molecule has 0 amide bonds. The molecular weight excluding hydrogens is 210 g/mol. The minimum atomic E-state index is -0.736. The van der Waals surface area contributed by atoms with E-state index >= 15 is 0 Å². The lowest BCUT2D eigenvalue weighted by molar-refractivity contribution is 0.414. The van der Waals surface area contributed by atoms with Gasteiger partial charge in [0, 0.05) is 28.8 Å². The number of hydrogen-bond donors (Lipinski definition) is 1. The van der Waals surface area contributed by atoms with Crippen molar-refractivity contribution in [2.24, 2.45) is 0 Å². The highest BCUT2D eigenvalue weighted by atomic mass is 32.2. The predicted octanol–water partition coefficient (Wildman–Crippen LogP) is 1.76. The quantitative estimate of drug-likeness (QED) is 0.791. The maximum Gasteiger partial charge on any atom is 0.119 e. The Morgan fingerprint density at radius 1 is 1.47 bits per heavy atom. The zero-order chi connectivity index (χ0) is 10.7. The SMILES string of the molecule is COc1ccc2c(c1)CS(=O)CCCN2. The number of benzene rings is 1. The van der Waals surface area contributed by atoms with Gasteiger partial charge in [-0.05, 0) is 30.2 Å². The minimum Gasteiger partial charge on any atom is -0.497 e. The van der Waals surface area contributed by atoms with E-state index < -0.39 is 10.8 Å². The van der Waals surface area contributed by atoms with Gasteiger partial charge in [-0.1, -0.05) is 0 Å². The summed E-state index contributed by atoms with van der Waals surface area (Å²) >= 11 is 0. The van der Waals surface area contributed by atoms with Gasteiger partial charge >= 0.3 is 0 Å². The van der Waals surface area contributed by atoms with Crippen LogP contribution in [0.25, 0.3) is 0 Å². The fraction of sp³-hybridized carbons (Fsp3) is 0.455. The van der Waals surface area contributed by atoms with Crippen LogP contribution < -0.4 is 10.1 Å². The summed E-state index contributed by atoms with van der Waals surface area (Å²) in [4.78, 5) is 0. The van der Waals surface area contributed by atoms with Crippen molar-refractivity contribution >= 4 is 16.5 Å². The average Bonchev–Trinajstić information content (AvgIpc) is 2.22. The molecule has 0 aromatic heterocycles. The van der Waals surface area contributed by atoms with Gasteiger partial charge in [-0.2, -0.15) is 0 Å². The van der Waals surface area contributed by atoms with E-state index in [2.05, 4.69) is 5.32 Å². The molecular formula is C11H15NO2S. The maximum atomic E-state index is 11.6. The molecule has 15 heavy (non-hydrogen) atoms. The number of anilines is 1. The topological polar surface area (TPSA) is 38.3 Å². The number of ether oxygens (including phenoxy) is 1. The van der Waals surface area contributed by atoms with Crippen LogP contribution in [0.15, 0.2) is 18.2 Å². The fourth-order valence-corrected chi connectivity index (χ4v) is 2.89. The molecule has 2 rings (SSSR count). The molecule has 1 aliphatic heterocycles. The van der Waals surface area contributed by atoms with Crippen LogP contribution in [0.2, 0.25) is 0 Å². The molecule has 0 spiro atoms. The van der Waals surface area contributed by atoms with Gasteiger partial charge in [0.1, 0.15) is 5.75 Å². The van der Waals surface area contributed by atoms with E-state index in [-0.39, 0.29) is 0 Å². The molecule has 1 aliphatic rings. The third-order valence-corrected chi connectivity index (χ3v) is 3.87. The number of methoxy groups -OCH3 is 1. The second-order valence-corrected chi connectivity index (χ2v) is 5.17. The van der Waals surface area contributed by atoms with Gasteiger partial charge in [-0.3, -0.25) is 4.21 Å². The van der Waals surface area contributed by atoms with Crippen LogP contribution in [0, 0.1) is 0 Å². The van der Waals surface area contributed by atoms with E-state index in [0.717, 1.165) is 35.7 Å². The monoisotopic (exact) mass is 225 g/mol. The Balaban J connectivity index is 2.32. The summed E-state index contributed by atoms with van der Waals surface area (Å²) in [7, 11) is 0.912. The van der Waals surface area contributed by atoms with Gasteiger partial charge in [-0.15, -0.1) is 0 Å². The van der Waals surface area contributed by atoms with Gasteiger partial charge in [0.2, 0.25) is 0 Å². The fourth-order valence-electron chi connectivity index (χ4n) is 1.69. The standard InChI is InChI=1S/C11H15NO2S/c1-14-10-3-4-11-9(7-10)8-15(13)6-2-5-12-11/h3-4,7,12H,2,5-6,8H2,1H3. The first-order chi connectivity index (χ1) is 7.29. The lowest BCUT2D eigenvalue weighted by atomic mass is 10.2. The van der Waals surface area contributed by atoms with Gasteiger partial charge in [-0.25, -0.2) is 0 Å². The van der Waals surface area contributed by atoms with Crippen LogP contribution in [0.4, 0.5) is 5.69 Å². The first-order valence-electron chi connectivity index (χ1n) is 5.05. The largest absolute Gasteiger partial charge is 0.497 e. The van der Waals surface area contributed by atoms with Crippen molar-refractivity contribution in [1.29, 1.82) is 0 Å². The van der Waals surface area contributed by atoms with Crippen LogP contribution >= 0.6 is 0 Å². The third kappa shape index (κ3) is 2.50. The minimum absolute atomic E-state index is 0.625. The molecule has 1 atom stereocenters. The molecule has 3 nitrogen and oxygen atoms in total. The lowest BCUT2D eigenvalue weighted by Gasteiger charge is -2.16. The van der Waals surface area contributed by atoms with Crippen LogP contribution in [-0.2, 0) is 16.6 Å². The number of fused-ring (bicyclic) bond motifs is 1. The Bertz CT molecular complexity index is 379. The van der Waals surface area contributed by atoms with Crippen molar-refractivity contribution in [2.45, 2.75) is 12.2 Å². The third-order valence-electron chi connectivity index (χ3n) is 2.49. The van der Waals surface area contributed by atoms with E-state index in [1.807, 2.05) is 18.2 Å². The number of hydrogen-bond acceptors (Lipinski definition) is 3. The number of rotatable bonds is 1. The van der Waals surface area contributed by atoms with Gasteiger partial charge < -0.3 is 10.1 Å². The number of nitrogens with one attached hydrogen (secondary N) is 1. The highest BCUT2D eigenvalue weighted by molar-refractivity contribution is 7.84. The second-order valence-electron chi connectivity index (χ2n) is 3.59. The van der Waals surface area contributed by atoms with Crippen molar-refractivity contribution in [2.75, 3.05) is 24.7 Å². The van der Waals surface area contributed by atoms with Gasteiger partial charge in [0.05, 0.1) is 12.9 Å². The predicted molar refractivity (Wildman–Crippen MR) is 62.8 cm³/mol. The van der Waals surface area contributed by atoms with E-state index in [4.69, 9.17) is 4.74 Å². The summed E-state index contributed by atoms with van der Waals surface area (Å²) in [5.74, 6) is 2.23. The molecule has 4 heteroatoms. The highest BCUT2D eigenvalue weighted by Crippen LogP contribution is 2.24. The molecule has 82 valence electrons. The Morgan fingerprint density at radius 2 is 2.33 bits per heavy atom. The molecule has 1 aromatic rings. The normalized spacial score (nSPS) is 20.7. The first-order valence-corrected chi connectivity index (χ1v) is 6.54. The molecule has 1 N–H and O–H groups in total. The van der Waals surface area contributed by atoms with Crippen LogP contribution in [0.5, 0.6) is 5.75 Å². The van der Waals surface area contributed by atoms with Crippen LogP contribution in [0.3, 0.4) is 0 Å². The second kappa shape index (κ2) is 4.66. The molecule has 0 fully saturated rings. The maximum absolute atomic E-state index is 11.6. The lowest BCUT2D eigenvalue weighted by Crippen LogP contribution is -2.14. The molecule has 0 saturated heterocycles. The average molecular weight is 225 g/mol. The molecule has 1 aromatic carbocycles. The summed E-state index contributed by atoms with van der Waals surface area (Å²) in [5, 5.41) is 3.35.